The minimum atomic E-state index is -1.31. The molecule has 1 saturated heterocycles. The standard InChI is InChI=1S/C10H13N5O4S/c11-10-13-7-4(8(20)14-10)12-2-15(7)9-6(18)5(17)3(16)1-19-9/h2-3,5-6,9,16-18H,1H2,(H3,11,13,14,20)/t3-,5-,6+,9-/m1/s1. The van der Waals surface area contributed by atoms with Crippen LogP contribution in [0.15, 0.2) is 6.33 Å². The van der Waals surface area contributed by atoms with E-state index in [4.69, 9.17) is 22.7 Å². The maximum atomic E-state index is 10.0. The fourth-order valence-electron chi connectivity index (χ4n) is 2.18. The van der Waals surface area contributed by atoms with Crippen molar-refractivity contribution in [2.45, 2.75) is 24.5 Å². The van der Waals surface area contributed by atoms with Gasteiger partial charge in [-0.15, -0.1) is 0 Å². The van der Waals surface area contributed by atoms with Crippen molar-refractivity contribution in [2.75, 3.05) is 12.3 Å². The van der Waals surface area contributed by atoms with Crippen LogP contribution in [0.25, 0.3) is 11.2 Å². The summed E-state index contributed by atoms with van der Waals surface area (Å²) < 4.78 is 7.04. The molecule has 3 rings (SSSR count). The number of aromatic amines is 1. The molecule has 1 aliphatic heterocycles. The molecule has 0 spiro atoms. The number of hydrogen-bond acceptors (Lipinski definition) is 8. The zero-order chi connectivity index (χ0) is 14.4. The van der Waals surface area contributed by atoms with E-state index in [0.29, 0.717) is 11.2 Å². The van der Waals surface area contributed by atoms with Crippen molar-refractivity contribution in [2.24, 2.45) is 0 Å². The average Bonchev–Trinajstić information content (AvgIpc) is 2.80. The summed E-state index contributed by atoms with van der Waals surface area (Å²) in [6.45, 7) is -0.107. The highest BCUT2D eigenvalue weighted by molar-refractivity contribution is 7.71. The van der Waals surface area contributed by atoms with E-state index in [2.05, 4.69) is 15.0 Å². The zero-order valence-electron chi connectivity index (χ0n) is 10.2. The molecule has 6 N–H and O–H groups in total. The fourth-order valence-corrected chi connectivity index (χ4v) is 2.43. The number of aliphatic hydroxyl groups is 3. The van der Waals surface area contributed by atoms with Crippen molar-refractivity contribution in [3.05, 3.63) is 11.0 Å². The number of fused-ring (bicyclic) bond motifs is 1. The first kappa shape index (κ1) is 13.4. The Labute approximate surface area is 117 Å². The molecule has 0 saturated carbocycles. The molecule has 2 aromatic heterocycles. The van der Waals surface area contributed by atoms with E-state index in [1.807, 2.05) is 0 Å². The van der Waals surface area contributed by atoms with E-state index in [9.17, 15) is 15.3 Å². The maximum absolute atomic E-state index is 10.0. The maximum Gasteiger partial charge on any atom is 0.200 e. The van der Waals surface area contributed by atoms with Crippen LogP contribution in [-0.2, 0) is 4.74 Å². The molecule has 2 aromatic rings. The van der Waals surface area contributed by atoms with Gasteiger partial charge in [0.15, 0.2) is 16.8 Å². The van der Waals surface area contributed by atoms with Crippen LogP contribution in [0.1, 0.15) is 6.23 Å². The molecule has 20 heavy (non-hydrogen) atoms. The number of aliphatic hydroxyl groups excluding tert-OH is 3. The van der Waals surface area contributed by atoms with Gasteiger partial charge in [-0.05, 0) is 0 Å². The monoisotopic (exact) mass is 299 g/mol. The summed E-state index contributed by atoms with van der Waals surface area (Å²) in [6.07, 6.45) is -3.27. The predicted molar refractivity (Wildman–Crippen MR) is 70.1 cm³/mol. The Balaban J connectivity index is 2.09. The Bertz CT molecular complexity index is 701. The van der Waals surface area contributed by atoms with Gasteiger partial charge in [0.1, 0.15) is 29.5 Å². The smallest absolute Gasteiger partial charge is 0.200 e. The first-order chi connectivity index (χ1) is 9.49. The lowest BCUT2D eigenvalue weighted by atomic mass is 10.0. The molecule has 0 aliphatic carbocycles. The second-order valence-electron chi connectivity index (χ2n) is 4.55. The zero-order valence-corrected chi connectivity index (χ0v) is 11.0. The molecular formula is C10H13N5O4S. The Morgan fingerprint density at radius 1 is 1.40 bits per heavy atom. The van der Waals surface area contributed by atoms with Crippen LogP contribution in [0.5, 0.6) is 0 Å². The summed E-state index contributed by atoms with van der Waals surface area (Å²) in [5.74, 6) is 0.107. The summed E-state index contributed by atoms with van der Waals surface area (Å²) in [5, 5.41) is 29.2. The lowest BCUT2D eigenvalue weighted by Gasteiger charge is -2.35. The molecule has 1 fully saturated rings. The Hall–Kier alpha value is -1.59. The summed E-state index contributed by atoms with van der Waals surface area (Å²) in [4.78, 5) is 10.8. The number of nitrogens with one attached hydrogen (secondary N) is 1. The number of hydrogen-bond donors (Lipinski definition) is 5. The van der Waals surface area contributed by atoms with Crippen molar-refractivity contribution in [1.29, 1.82) is 0 Å². The minimum absolute atomic E-state index is 0.107. The highest BCUT2D eigenvalue weighted by Crippen LogP contribution is 2.27. The number of nitrogens with zero attached hydrogens (tertiary/aromatic N) is 3. The van der Waals surface area contributed by atoms with E-state index >= 15 is 0 Å². The number of nitrogen functional groups attached to an aromatic ring is 1. The van der Waals surface area contributed by atoms with Crippen LogP contribution in [-0.4, -0.2) is 59.8 Å². The lowest BCUT2D eigenvalue weighted by molar-refractivity contribution is -0.210. The number of nitrogens with two attached hydrogens (primary N) is 1. The lowest BCUT2D eigenvalue weighted by Crippen LogP contribution is -2.50. The van der Waals surface area contributed by atoms with Gasteiger partial charge in [-0.3, -0.25) is 4.57 Å². The van der Waals surface area contributed by atoms with Gasteiger partial charge in [0.2, 0.25) is 0 Å². The summed E-state index contributed by atoms with van der Waals surface area (Å²) in [6, 6.07) is 0. The second-order valence-corrected chi connectivity index (χ2v) is 4.94. The van der Waals surface area contributed by atoms with Gasteiger partial charge in [0, 0.05) is 0 Å². The van der Waals surface area contributed by atoms with Gasteiger partial charge >= 0.3 is 0 Å². The molecule has 1 aliphatic rings. The Morgan fingerprint density at radius 3 is 2.90 bits per heavy atom. The van der Waals surface area contributed by atoms with Crippen LogP contribution < -0.4 is 5.73 Å². The number of aromatic nitrogens is 4. The van der Waals surface area contributed by atoms with Crippen LogP contribution in [0, 0.1) is 4.64 Å². The van der Waals surface area contributed by atoms with Crippen molar-refractivity contribution < 1.29 is 20.1 Å². The second kappa shape index (κ2) is 4.75. The number of anilines is 1. The number of rotatable bonds is 1. The molecule has 0 bridgehead atoms. The Morgan fingerprint density at radius 2 is 2.15 bits per heavy atom. The SMILES string of the molecule is Nc1nc(=S)c2ncn([C@@H]3OC[C@@H](O)[C@@H](O)[C@@H]3O)c2[nH]1. The molecular weight excluding hydrogens is 286 g/mol. The van der Waals surface area contributed by atoms with Gasteiger partial charge in [-0.2, -0.15) is 0 Å². The quantitative estimate of drug-likeness (QED) is 0.408. The van der Waals surface area contributed by atoms with Gasteiger partial charge in [-0.1, -0.05) is 12.2 Å². The molecule has 0 aromatic carbocycles. The normalized spacial score (nSPS) is 30.8. The van der Waals surface area contributed by atoms with Crippen molar-refractivity contribution >= 4 is 29.3 Å². The topological polar surface area (TPSA) is 142 Å². The molecule has 9 nitrogen and oxygen atoms in total. The van der Waals surface area contributed by atoms with E-state index in [0.717, 1.165) is 0 Å². The van der Waals surface area contributed by atoms with Crippen molar-refractivity contribution in [1.82, 2.24) is 19.5 Å². The highest BCUT2D eigenvalue weighted by atomic mass is 32.1. The average molecular weight is 299 g/mol. The van der Waals surface area contributed by atoms with E-state index in [-0.39, 0.29) is 17.2 Å². The largest absolute Gasteiger partial charge is 0.388 e. The molecule has 3 heterocycles. The van der Waals surface area contributed by atoms with Gasteiger partial charge in [-0.25, -0.2) is 9.97 Å². The fraction of sp³-hybridized carbons (Fsp3) is 0.500. The van der Waals surface area contributed by atoms with Crippen LogP contribution in [0.2, 0.25) is 0 Å². The molecule has 108 valence electrons. The van der Waals surface area contributed by atoms with Crippen molar-refractivity contribution in [3.63, 3.8) is 0 Å². The third-order valence-corrected chi connectivity index (χ3v) is 3.50. The number of H-pyrrole nitrogens is 1. The molecule has 10 heteroatoms. The summed E-state index contributed by atoms with van der Waals surface area (Å²) in [5.41, 5.74) is 6.43. The molecule has 0 unspecified atom stereocenters. The first-order valence-electron chi connectivity index (χ1n) is 5.87. The first-order valence-corrected chi connectivity index (χ1v) is 6.28. The van der Waals surface area contributed by atoms with E-state index in [1.165, 1.54) is 10.9 Å². The predicted octanol–water partition coefficient (Wildman–Crippen LogP) is -1.32. The van der Waals surface area contributed by atoms with Gasteiger partial charge < -0.3 is 30.8 Å². The number of ether oxygens (including phenoxy) is 1. The summed E-state index contributed by atoms with van der Waals surface area (Å²) >= 11 is 5.05. The van der Waals surface area contributed by atoms with E-state index in [1.54, 1.807) is 0 Å². The van der Waals surface area contributed by atoms with Gasteiger partial charge in [0.25, 0.3) is 0 Å². The van der Waals surface area contributed by atoms with Crippen LogP contribution >= 0.6 is 12.2 Å². The minimum Gasteiger partial charge on any atom is -0.388 e. The third-order valence-electron chi connectivity index (χ3n) is 3.21. The highest BCUT2D eigenvalue weighted by Gasteiger charge is 2.39. The molecule has 0 radical (unpaired) electrons. The Kier molecular flexibility index (Phi) is 3.18. The summed E-state index contributed by atoms with van der Waals surface area (Å²) in [7, 11) is 0. The van der Waals surface area contributed by atoms with Crippen LogP contribution in [0.4, 0.5) is 5.95 Å². The van der Waals surface area contributed by atoms with Crippen molar-refractivity contribution in [3.8, 4) is 0 Å². The number of imidazole rings is 1. The molecule has 0 amide bonds. The molecule has 4 atom stereocenters. The van der Waals surface area contributed by atoms with Gasteiger partial charge in [0.05, 0.1) is 12.9 Å². The van der Waals surface area contributed by atoms with Crippen LogP contribution in [0.3, 0.4) is 0 Å². The third kappa shape index (κ3) is 1.98. The van der Waals surface area contributed by atoms with E-state index < -0.39 is 24.5 Å².